The Morgan fingerprint density at radius 3 is 1.93 bits per heavy atom. The Balaban J connectivity index is 1.04. The lowest BCUT2D eigenvalue weighted by Crippen LogP contribution is -2.19. The molecule has 7 aromatic carbocycles. The van der Waals surface area contributed by atoms with Gasteiger partial charge in [-0.1, -0.05) is 118 Å². The lowest BCUT2D eigenvalue weighted by Gasteiger charge is -2.20. The van der Waals surface area contributed by atoms with Gasteiger partial charge in [0.25, 0.3) is 6.33 Å². The Labute approximate surface area is 346 Å². The first-order valence-corrected chi connectivity index (χ1v) is 20.5. The van der Waals surface area contributed by atoms with Crippen molar-refractivity contribution in [3.8, 4) is 23.0 Å². The van der Waals surface area contributed by atoms with Crippen molar-refractivity contribution in [3.05, 3.63) is 194 Å². The maximum absolute atomic E-state index is 6.72. The molecule has 0 radical (unpaired) electrons. The predicted molar refractivity (Wildman–Crippen MR) is 245 cm³/mol. The van der Waals surface area contributed by atoms with Crippen molar-refractivity contribution >= 4 is 76.3 Å². The predicted octanol–water partition coefficient (Wildman–Crippen LogP) is 13.0. The van der Waals surface area contributed by atoms with E-state index in [4.69, 9.17) is 9.72 Å². The van der Waals surface area contributed by atoms with Gasteiger partial charge in [-0.3, -0.25) is 13.5 Å². The molecule has 0 aliphatic carbocycles. The number of hydrogen-bond acceptors (Lipinski definition) is 2. The molecule has 0 N–H and O–H groups in total. The molecule has 5 aromatic heterocycles. The van der Waals surface area contributed by atoms with Gasteiger partial charge in [-0.05, 0) is 83.1 Å². The van der Waals surface area contributed by atoms with Crippen LogP contribution in [-0.4, -0.2) is 18.5 Å². The van der Waals surface area contributed by atoms with E-state index in [0.717, 1.165) is 66.7 Å². The van der Waals surface area contributed by atoms with E-state index >= 15 is 0 Å². The van der Waals surface area contributed by atoms with Crippen molar-refractivity contribution in [2.75, 3.05) is 0 Å². The van der Waals surface area contributed by atoms with E-state index in [2.05, 4.69) is 209 Å². The minimum Gasteiger partial charge on any atom is -0.458 e. The molecule has 0 atom stereocenters. The number of pyridine rings is 1. The summed E-state index contributed by atoms with van der Waals surface area (Å²) in [4.78, 5) is 4.87. The van der Waals surface area contributed by atoms with Crippen molar-refractivity contribution in [1.29, 1.82) is 0 Å². The lowest BCUT2D eigenvalue weighted by atomic mass is 9.88. The molecule has 12 aromatic rings. The summed E-state index contributed by atoms with van der Waals surface area (Å²) in [5.41, 5.74) is 9.91. The Kier molecular flexibility index (Phi) is 7.39. The van der Waals surface area contributed by atoms with E-state index in [1.54, 1.807) is 0 Å². The van der Waals surface area contributed by atoms with Crippen LogP contribution in [-0.2, 0) is 5.41 Å². The number of para-hydroxylation sites is 5. The van der Waals surface area contributed by atoms with Crippen molar-refractivity contribution in [2.45, 2.75) is 26.2 Å². The van der Waals surface area contributed by atoms with Gasteiger partial charge in [0.2, 0.25) is 0 Å². The number of hydrogen-bond donors (Lipinski definition) is 0. The van der Waals surface area contributed by atoms with Gasteiger partial charge in [0.15, 0.2) is 0 Å². The molecule has 0 amide bonds. The SMILES string of the molecule is CC(C)(C)c1ccnc(-n2c3ccccc3c3ccc(Oc4cccc(-n5[c-][n+]6c7ccccc7c7cccc8c9ccccc9n(c9ccccc9c6c5)c87)c4)cc32)c1. The highest BCUT2D eigenvalue weighted by atomic mass is 16.5. The van der Waals surface area contributed by atoms with E-state index in [9.17, 15) is 0 Å². The second kappa shape index (κ2) is 12.9. The van der Waals surface area contributed by atoms with Gasteiger partial charge in [-0.15, -0.1) is 0 Å². The number of benzene rings is 7. The van der Waals surface area contributed by atoms with Crippen LogP contribution in [0, 0.1) is 6.33 Å². The summed E-state index contributed by atoms with van der Waals surface area (Å²) in [5.74, 6) is 2.37. The maximum Gasteiger partial charge on any atom is 0.269 e. The van der Waals surface area contributed by atoms with E-state index in [1.807, 2.05) is 18.3 Å². The molecule has 5 heterocycles. The second-order valence-electron chi connectivity index (χ2n) is 16.7. The molecule has 0 spiro atoms. The highest BCUT2D eigenvalue weighted by molar-refractivity contribution is 6.20. The van der Waals surface area contributed by atoms with Crippen molar-refractivity contribution < 1.29 is 9.14 Å². The molecule has 286 valence electrons. The van der Waals surface area contributed by atoms with Crippen LogP contribution < -0.4 is 9.14 Å². The van der Waals surface area contributed by atoms with E-state index in [0.29, 0.717) is 0 Å². The molecule has 0 aliphatic heterocycles. The summed E-state index contributed by atoms with van der Waals surface area (Å²) >= 11 is 0. The number of rotatable bonds is 4. The quantitative estimate of drug-likeness (QED) is 0.132. The molecular weight excluding hydrogens is 735 g/mol. The third-order valence-electron chi connectivity index (χ3n) is 12.1. The van der Waals surface area contributed by atoms with E-state index in [-0.39, 0.29) is 5.41 Å². The second-order valence-corrected chi connectivity index (χ2v) is 16.7. The smallest absolute Gasteiger partial charge is 0.269 e. The zero-order valence-corrected chi connectivity index (χ0v) is 33.5. The van der Waals surface area contributed by atoms with Crippen LogP contribution in [0.4, 0.5) is 0 Å². The minimum atomic E-state index is -0.00913. The molecule has 60 heavy (non-hydrogen) atoms. The molecule has 0 fully saturated rings. The first-order chi connectivity index (χ1) is 29.4. The third kappa shape index (κ3) is 5.20. The highest BCUT2D eigenvalue weighted by Gasteiger charge is 2.19. The monoisotopic (exact) mass is 773 g/mol. The fourth-order valence-corrected chi connectivity index (χ4v) is 9.24. The lowest BCUT2D eigenvalue weighted by molar-refractivity contribution is -0.485. The Morgan fingerprint density at radius 1 is 0.517 bits per heavy atom. The molecule has 6 nitrogen and oxygen atoms in total. The molecule has 6 heteroatoms. The van der Waals surface area contributed by atoms with Gasteiger partial charge in [0.1, 0.15) is 17.3 Å². The number of fused-ring (bicyclic) bond motifs is 13. The maximum atomic E-state index is 6.72. The van der Waals surface area contributed by atoms with Crippen LogP contribution in [0.25, 0.3) is 87.8 Å². The van der Waals surface area contributed by atoms with Crippen molar-refractivity contribution in [3.63, 3.8) is 0 Å². The first-order valence-electron chi connectivity index (χ1n) is 20.5. The summed E-state index contributed by atoms with van der Waals surface area (Å²) in [6, 6.07) is 60.2. The molecule has 0 aliphatic rings. The van der Waals surface area contributed by atoms with Gasteiger partial charge in [0.05, 0.1) is 38.8 Å². The topological polar surface area (TPSA) is 40.5 Å². The Hall–Kier alpha value is -7.70. The van der Waals surface area contributed by atoms with E-state index in [1.165, 1.54) is 38.1 Å². The van der Waals surface area contributed by atoms with Gasteiger partial charge in [-0.2, -0.15) is 0 Å². The Morgan fingerprint density at radius 2 is 1.13 bits per heavy atom. The summed E-state index contributed by atoms with van der Waals surface area (Å²) in [6.45, 7) is 6.71. The van der Waals surface area contributed by atoms with Gasteiger partial charge in [0, 0.05) is 56.3 Å². The van der Waals surface area contributed by atoms with Crippen LogP contribution in [0.5, 0.6) is 11.5 Å². The Bertz CT molecular complexity index is 3750. The molecule has 0 unspecified atom stereocenters. The first kappa shape index (κ1) is 34.4. The van der Waals surface area contributed by atoms with Crippen LogP contribution in [0.1, 0.15) is 26.3 Å². The van der Waals surface area contributed by atoms with Crippen LogP contribution in [0.15, 0.2) is 182 Å². The summed E-state index contributed by atoms with van der Waals surface area (Å²) in [7, 11) is 0. The van der Waals surface area contributed by atoms with E-state index < -0.39 is 0 Å². The minimum absolute atomic E-state index is 0.00913. The zero-order valence-electron chi connectivity index (χ0n) is 33.5. The number of aromatic nitrogens is 5. The largest absolute Gasteiger partial charge is 0.458 e. The molecule has 0 saturated heterocycles. The van der Waals surface area contributed by atoms with Gasteiger partial charge >= 0.3 is 0 Å². The number of ether oxygens (including phenoxy) is 1. The fraction of sp³-hybridized carbons (Fsp3) is 0.0741. The average molecular weight is 774 g/mol. The van der Waals surface area contributed by atoms with Crippen molar-refractivity contribution in [1.82, 2.24) is 18.5 Å². The normalized spacial score (nSPS) is 12.2. The van der Waals surface area contributed by atoms with Crippen LogP contribution >= 0.6 is 0 Å². The molecule has 12 rings (SSSR count). The molecule has 0 saturated carbocycles. The zero-order chi connectivity index (χ0) is 40.1. The summed E-state index contributed by atoms with van der Waals surface area (Å²) in [6.07, 6.45) is 7.87. The number of imidazole rings is 1. The summed E-state index contributed by atoms with van der Waals surface area (Å²) in [5, 5.41) is 8.24. The molecule has 0 bridgehead atoms. The standard InChI is InChI=1S/C54H39N5O/c1-54(2,3)35-28-29-55-52(30-35)58-47-23-9-5-16-39(47)42-27-26-38(32-50(42)58)60-37-15-12-14-36(31-37)56-33-51-45-19-7-11-25-49(45)59-48-24-10-6-18-41(48)44-21-13-20-43(53(44)59)40-17-4-8-22-46(40)57(51)34-56/h4-33H,1-3H3. The highest BCUT2D eigenvalue weighted by Crippen LogP contribution is 2.38. The fourth-order valence-electron chi connectivity index (χ4n) is 9.24. The summed E-state index contributed by atoms with van der Waals surface area (Å²) < 4.78 is 15.7. The molecular formula is C54H39N5O. The average Bonchev–Trinajstić information content (AvgIpc) is 3.97. The van der Waals surface area contributed by atoms with Crippen LogP contribution in [0.2, 0.25) is 0 Å². The van der Waals surface area contributed by atoms with Crippen molar-refractivity contribution in [2.24, 2.45) is 0 Å². The van der Waals surface area contributed by atoms with Crippen LogP contribution in [0.3, 0.4) is 0 Å². The van der Waals surface area contributed by atoms with Gasteiger partial charge in [-0.25, -0.2) is 4.98 Å². The van der Waals surface area contributed by atoms with Gasteiger partial charge < -0.3 is 9.14 Å². The number of nitrogens with zero attached hydrogens (tertiary/aromatic N) is 5. The third-order valence-corrected chi connectivity index (χ3v) is 12.1.